The van der Waals surface area contributed by atoms with E-state index in [0.29, 0.717) is 11.4 Å². The van der Waals surface area contributed by atoms with Crippen LogP contribution in [0.4, 0.5) is 5.69 Å². The molecule has 0 aromatic heterocycles. The van der Waals surface area contributed by atoms with Gasteiger partial charge in [0.05, 0.1) is 20.1 Å². The Kier molecular flexibility index (Phi) is 3.55. The van der Waals surface area contributed by atoms with Crippen molar-refractivity contribution in [3.63, 3.8) is 0 Å². The van der Waals surface area contributed by atoms with E-state index in [1.54, 1.807) is 31.4 Å². The number of hydrogen-bond acceptors (Lipinski definition) is 4. The number of esters is 1. The predicted molar refractivity (Wildman–Crippen MR) is 70.0 cm³/mol. The van der Waals surface area contributed by atoms with Gasteiger partial charge in [-0.25, -0.2) is 4.79 Å². The summed E-state index contributed by atoms with van der Waals surface area (Å²) in [6.07, 6.45) is 1.48. The topological polar surface area (TPSA) is 55.8 Å². The second-order valence-corrected chi connectivity index (χ2v) is 4.14. The number of benzene rings is 1. The summed E-state index contributed by atoms with van der Waals surface area (Å²) in [5, 5.41) is 0. The van der Waals surface area contributed by atoms with Gasteiger partial charge < -0.3 is 9.47 Å². The Labute approximate surface area is 111 Å². The molecule has 1 aromatic rings. The molecule has 0 unspecified atom stereocenters. The van der Waals surface area contributed by atoms with Crippen molar-refractivity contribution in [3.8, 4) is 5.75 Å². The van der Waals surface area contributed by atoms with Crippen LogP contribution < -0.4 is 9.64 Å². The molecule has 2 rings (SSSR count). The van der Waals surface area contributed by atoms with E-state index in [2.05, 4.69) is 6.58 Å². The summed E-state index contributed by atoms with van der Waals surface area (Å²) >= 11 is 0. The molecule has 0 saturated carbocycles. The zero-order valence-electron chi connectivity index (χ0n) is 10.8. The van der Waals surface area contributed by atoms with Crippen molar-refractivity contribution < 1.29 is 19.1 Å². The Morgan fingerprint density at radius 3 is 2.42 bits per heavy atom. The predicted octanol–water partition coefficient (Wildman–Crippen LogP) is 1.39. The maximum atomic E-state index is 12.0. The van der Waals surface area contributed by atoms with Gasteiger partial charge in [-0.15, -0.1) is 6.58 Å². The minimum Gasteiger partial charge on any atom is -0.497 e. The smallest absolute Gasteiger partial charge is 0.330 e. The molecule has 1 saturated heterocycles. The number of nitrogens with zero attached hydrogens (tertiary/aromatic N) is 1. The first-order chi connectivity index (χ1) is 9.13. The average molecular weight is 261 g/mol. The van der Waals surface area contributed by atoms with Crippen LogP contribution >= 0.6 is 0 Å². The van der Waals surface area contributed by atoms with E-state index in [4.69, 9.17) is 9.47 Å². The van der Waals surface area contributed by atoms with Gasteiger partial charge in [0.15, 0.2) is 0 Å². The third kappa shape index (κ3) is 2.07. The first-order valence-electron chi connectivity index (χ1n) is 5.81. The van der Waals surface area contributed by atoms with Gasteiger partial charge in [0, 0.05) is 5.69 Å². The van der Waals surface area contributed by atoms with Crippen LogP contribution in [0.25, 0.3) is 0 Å². The van der Waals surface area contributed by atoms with Gasteiger partial charge in [-0.1, -0.05) is 6.08 Å². The van der Waals surface area contributed by atoms with Crippen LogP contribution in [-0.2, 0) is 14.3 Å². The molecule has 1 aromatic carbocycles. The summed E-state index contributed by atoms with van der Waals surface area (Å²) in [6, 6.07) is 6.29. The van der Waals surface area contributed by atoms with Gasteiger partial charge in [0.2, 0.25) is 5.91 Å². The highest BCUT2D eigenvalue weighted by Gasteiger charge is 2.51. The first kappa shape index (κ1) is 13.1. The SMILES string of the molecule is C=C[C@@H]1C(=O)N(c2ccc(OC)cc2)[C@@H]1C(=O)OC. The lowest BCUT2D eigenvalue weighted by atomic mass is 9.86. The van der Waals surface area contributed by atoms with Crippen molar-refractivity contribution in [1.29, 1.82) is 0 Å². The van der Waals surface area contributed by atoms with Crippen molar-refractivity contribution in [2.45, 2.75) is 6.04 Å². The lowest BCUT2D eigenvalue weighted by Gasteiger charge is -2.43. The molecule has 0 radical (unpaired) electrons. The minimum absolute atomic E-state index is 0.157. The lowest BCUT2D eigenvalue weighted by Crippen LogP contribution is -2.64. The highest BCUT2D eigenvalue weighted by molar-refractivity contribution is 6.11. The van der Waals surface area contributed by atoms with Crippen LogP contribution in [0.15, 0.2) is 36.9 Å². The molecule has 1 amide bonds. The Morgan fingerprint density at radius 2 is 1.95 bits per heavy atom. The number of ether oxygens (including phenoxy) is 2. The Balaban J connectivity index is 2.28. The average Bonchev–Trinajstić information content (AvgIpc) is 2.45. The highest BCUT2D eigenvalue weighted by atomic mass is 16.5. The Morgan fingerprint density at radius 1 is 1.32 bits per heavy atom. The van der Waals surface area contributed by atoms with Crippen LogP contribution in [0.1, 0.15) is 0 Å². The fraction of sp³-hybridized carbons (Fsp3) is 0.286. The number of methoxy groups -OCH3 is 2. The van der Waals surface area contributed by atoms with Crippen LogP contribution in [0.5, 0.6) is 5.75 Å². The molecular formula is C14H15NO4. The number of hydrogen-bond donors (Lipinski definition) is 0. The molecule has 5 heteroatoms. The third-order valence-corrected chi connectivity index (χ3v) is 3.19. The van der Waals surface area contributed by atoms with E-state index in [-0.39, 0.29) is 5.91 Å². The summed E-state index contributed by atoms with van der Waals surface area (Å²) in [4.78, 5) is 25.1. The van der Waals surface area contributed by atoms with Crippen LogP contribution in [0, 0.1) is 5.92 Å². The van der Waals surface area contributed by atoms with Crippen molar-refractivity contribution in [3.05, 3.63) is 36.9 Å². The molecule has 1 heterocycles. The molecule has 1 aliphatic rings. The Bertz CT molecular complexity index is 509. The molecule has 19 heavy (non-hydrogen) atoms. The quantitative estimate of drug-likeness (QED) is 0.467. The maximum Gasteiger partial charge on any atom is 0.330 e. The summed E-state index contributed by atoms with van der Waals surface area (Å²) in [6.45, 7) is 3.58. The third-order valence-electron chi connectivity index (χ3n) is 3.19. The van der Waals surface area contributed by atoms with Crippen molar-refractivity contribution in [2.75, 3.05) is 19.1 Å². The number of carbonyl (C=O) groups excluding carboxylic acids is 2. The molecular weight excluding hydrogens is 246 g/mol. The first-order valence-corrected chi connectivity index (χ1v) is 5.81. The fourth-order valence-electron chi connectivity index (χ4n) is 2.14. The van der Waals surface area contributed by atoms with Gasteiger partial charge >= 0.3 is 5.97 Å². The molecule has 1 fully saturated rings. The highest BCUT2D eigenvalue weighted by Crippen LogP contribution is 2.34. The van der Waals surface area contributed by atoms with Crippen LogP contribution in [0.2, 0.25) is 0 Å². The minimum atomic E-state index is -0.636. The van der Waals surface area contributed by atoms with E-state index in [1.165, 1.54) is 18.1 Å². The number of β-lactam (4-membered cyclic amide) rings is 1. The van der Waals surface area contributed by atoms with Crippen molar-refractivity contribution >= 4 is 17.6 Å². The molecule has 1 aliphatic heterocycles. The molecule has 0 bridgehead atoms. The van der Waals surface area contributed by atoms with Crippen molar-refractivity contribution in [1.82, 2.24) is 0 Å². The number of amides is 1. The molecule has 0 aliphatic carbocycles. The van der Waals surface area contributed by atoms with E-state index >= 15 is 0 Å². The summed E-state index contributed by atoms with van der Waals surface area (Å²) in [5.41, 5.74) is 0.638. The zero-order valence-corrected chi connectivity index (χ0v) is 10.8. The second kappa shape index (κ2) is 5.14. The largest absolute Gasteiger partial charge is 0.497 e. The van der Waals surface area contributed by atoms with Gasteiger partial charge in [-0.05, 0) is 24.3 Å². The van der Waals surface area contributed by atoms with E-state index in [1.807, 2.05) is 0 Å². The Hall–Kier alpha value is -2.30. The number of rotatable bonds is 4. The maximum absolute atomic E-state index is 12.0. The summed E-state index contributed by atoms with van der Waals surface area (Å²) < 4.78 is 9.78. The van der Waals surface area contributed by atoms with Gasteiger partial charge in [-0.2, -0.15) is 0 Å². The fourth-order valence-corrected chi connectivity index (χ4v) is 2.14. The molecule has 2 atom stereocenters. The van der Waals surface area contributed by atoms with Crippen LogP contribution in [0.3, 0.4) is 0 Å². The molecule has 0 N–H and O–H groups in total. The van der Waals surface area contributed by atoms with Gasteiger partial charge in [-0.3, -0.25) is 9.69 Å². The standard InChI is InChI=1S/C14H15NO4/c1-4-11-12(14(17)19-3)15(13(11)16)9-5-7-10(18-2)8-6-9/h4-8,11-12H,1H2,2-3H3/t11-,12-/m0/s1. The monoisotopic (exact) mass is 261 g/mol. The normalized spacial score (nSPS) is 21.6. The summed E-state index contributed by atoms with van der Waals surface area (Å²) in [7, 11) is 2.87. The molecule has 100 valence electrons. The van der Waals surface area contributed by atoms with E-state index in [0.717, 1.165) is 0 Å². The molecule has 5 nitrogen and oxygen atoms in total. The zero-order chi connectivity index (χ0) is 14.0. The number of anilines is 1. The molecule has 0 spiro atoms. The van der Waals surface area contributed by atoms with Crippen LogP contribution in [-0.4, -0.2) is 32.1 Å². The van der Waals surface area contributed by atoms with E-state index < -0.39 is 17.9 Å². The van der Waals surface area contributed by atoms with Gasteiger partial charge in [0.1, 0.15) is 11.8 Å². The van der Waals surface area contributed by atoms with Gasteiger partial charge in [0.25, 0.3) is 0 Å². The van der Waals surface area contributed by atoms with E-state index in [9.17, 15) is 9.59 Å². The second-order valence-electron chi connectivity index (χ2n) is 4.14. The number of carbonyl (C=O) groups is 2. The summed E-state index contributed by atoms with van der Waals surface area (Å²) in [5.74, 6) is -0.433. The van der Waals surface area contributed by atoms with Crippen molar-refractivity contribution in [2.24, 2.45) is 5.92 Å². The lowest BCUT2D eigenvalue weighted by molar-refractivity contribution is -0.150.